The molecule has 0 aliphatic heterocycles. The summed E-state index contributed by atoms with van der Waals surface area (Å²) in [7, 11) is -3.66. The molecule has 0 heterocycles. The maximum absolute atomic E-state index is 12.6. The van der Waals surface area contributed by atoms with Gasteiger partial charge in [-0.25, -0.2) is 8.42 Å². The van der Waals surface area contributed by atoms with E-state index in [0.717, 1.165) is 27.3 Å². The lowest BCUT2D eigenvalue weighted by atomic mass is 10.1. The van der Waals surface area contributed by atoms with Crippen LogP contribution in [-0.4, -0.2) is 27.1 Å². The van der Waals surface area contributed by atoms with Gasteiger partial charge in [-0.3, -0.25) is 9.10 Å². The number of ether oxygens (including phenoxy) is 1. The number of hydrogen-bond acceptors (Lipinski definition) is 4. The van der Waals surface area contributed by atoms with Crippen molar-refractivity contribution in [2.45, 2.75) is 20.5 Å². The van der Waals surface area contributed by atoms with Crippen molar-refractivity contribution in [2.75, 3.05) is 22.4 Å². The van der Waals surface area contributed by atoms with Crippen LogP contribution in [0.5, 0.6) is 5.75 Å². The summed E-state index contributed by atoms with van der Waals surface area (Å²) in [4.78, 5) is 12.6. The van der Waals surface area contributed by atoms with E-state index < -0.39 is 15.9 Å². The summed E-state index contributed by atoms with van der Waals surface area (Å²) < 4.78 is 31.5. The number of anilines is 2. The third-order valence-corrected chi connectivity index (χ3v) is 5.86. The predicted octanol–water partition coefficient (Wildman–Crippen LogP) is 4.29. The predicted molar refractivity (Wildman–Crippen MR) is 124 cm³/mol. The van der Waals surface area contributed by atoms with Crippen LogP contribution in [0.4, 0.5) is 11.4 Å². The van der Waals surface area contributed by atoms with E-state index in [4.69, 9.17) is 4.74 Å². The van der Waals surface area contributed by atoms with E-state index in [-0.39, 0.29) is 6.54 Å². The molecule has 0 saturated carbocycles. The lowest BCUT2D eigenvalue weighted by Crippen LogP contribution is -2.37. The number of sulfonamides is 1. The molecular weight excluding hydrogens is 412 g/mol. The standard InChI is InChI=1S/C24H26N2O4S/c1-18-9-14-23(19(2)15-18)25-24(27)16-26(31(3,28)29)21-10-12-22(13-11-21)30-17-20-7-5-4-6-8-20/h4-15H,16-17H2,1-3H3,(H,25,27). The first-order valence-corrected chi connectivity index (χ1v) is 11.7. The second kappa shape index (κ2) is 9.66. The molecule has 0 spiro atoms. The summed E-state index contributed by atoms with van der Waals surface area (Å²) in [5, 5.41) is 2.79. The zero-order valence-electron chi connectivity index (χ0n) is 17.8. The minimum Gasteiger partial charge on any atom is -0.489 e. The highest BCUT2D eigenvalue weighted by molar-refractivity contribution is 7.92. The Morgan fingerprint density at radius 3 is 2.26 bits per heavy atom. The molecule has 162 valence electrons. The number of hydrogen-bond donors (Lipinski definition) is 1. The molecule has 0 aliphatic rings. The molecule has 6 nitrogen and oxygen atoms in total. The van der Waals surface area contributed by atoms with Crippen molar-refractivity contribution in [3.8, 4) is 5.75 Å². The summed E-state index contributed by atoms with van der Waals surface area (Å²) in [5.74, 6) is 0.197. The molecule has 0 atom stereocenters. The van der Waals surface area contributed by atoms with Gasteiger partial charge in [-0.2, -0.15) is 0 Å². The van der Waals surface area contributed by atoms with Gasteiger partial charge in [0.2, 0.25) is 15.9 Å². The second-order valence-corrected chi connectivity index (χ2v) is 9.31. The van der Waals surface area contributed by atoms with Crippen LogP contribution in [0.15, 0.2) is 72.8 Å². The second-order valence-electron chi connectivity index (χ2n) is 7.40. The van der Waals surface area contributed by atoms with Gasteiger partial charge in [0, 0.05) is 5.69 Å². The monoisotopic (exact) mass is 438 g/mol. The average molecular weight is 439 g/mol. The van der Waals surface area contributed by atoms with Crippen LogP contribution < -0.4 is 14.4 Å². The number of aryl methyl sites for hydroxylation is 2. The van der Waals surface area contributed by atoms with Gasteiger partial charge in [-0.05, 0) is 55.3 Å². The number of amides is 1. The lowest BCUT2D eigenvalue weighted by molar-refractivity contribution is -0.114. The van der Waals surface area contributed by atoms with Crippen molar-refractivity contribution in [3.05, 3.63) is 89.5 Å². The van der Waals surface area contributed by atoms with Crippen LogP contribution in [0.25, 0.3) is 0 Å². The molecular formula is C24H26N2O4S. The molecule has 0 aromatic heterocycles. The van der Waals surface area contributed by atoms with E-state index in [1.165, 1.54) is 0 Å². The Balaban J connectivity index is 1.69. The van der Waals surface area contributed by atoms with Gasteiger partial charge in [-0.1, -0.05) is 48.0 Å². The van der Waals surface area contributed by atoms with Crippen LogP contribution >= 0.6 is 0 Å². The fourth-order valence-electron chi connectivity index (χ4n) is 3.12. The fraction of sp³-hybridized carbons (Fsp3) is 0.208. The minimum atomic E-state index is -3.66. The Labute approximate surface area is 183 Å². The number of nitrogens with zero attached hydrogens (tertiary/aromatic N) is 1. The summed E-state index contributed by atoms with van der Waals surface area (Å²) in [6.07, 6.45) is 1.08. The Bertz CT molecular complexity index is 1140. The van der Waals surface area contributed by atoms with Gasteiger partial charge < -0.3 is 10.1 Å². The lowest BCUT2D eigenvalue weighted by Gasteiger charge is -2.22. The first kappa shape index (κ1) is 22.4. The summed E-state index contributed by atoms with van der Waals surface area (Å²) >= 11 is 0. The molecule has 0 aliphatic carbocycles. The zero-order chi connectivity index (χ0) is 22.4. The van der Waals surface area contributed by atoms with E-state index >= 15 is 0 Å². The Morgan fingerprint density at radius 1 is 0.968 bits per heavy atom. The number of carbonyl (C=O) groups excluding carboxylic acids is 1. The van der Waals surface area contributed by atoms with Gasteiger partial charge in [0.25, 0.3) is 0 Å². The molecule has 0 unspecified atom stereocenters. The molecule has 3 aromatic carbocycles. The van der Waals surface area contributed by atoms with Crippen LogP contribution in [0.3, 0.4) is 0 Å². The largest absolute Gasteiger partial charge is 0.489 e. The van der Waals surface area contributed by atoms with Crippen LogP contribution in [0.1, 0.15) is 16.7 Å². The van der Waals surface area contributed by atoms with Gasteiger partial charge in [0.05, 0.1) is 11.9 Å². The van der Waals surface area contributed by atoms with E-state index in [9.17, 15) is 13.2 Å². The molecule has 1 N–H and O–H groups in total. The summed E-state index contributed by atoms with van der Waals surface area (Å²) in [6, 6.07) is 22.1. The van der Waals surface area contributed by atoms with Gasteiger partial charge in [0.15, 0.2) is 0 Å². The van der Waals surface area contributed by atoms with E-state index in [2.05, 4.69) is 5.32 Å². The van der Waals surface area contributed by atoms with Crippen molar-refractivity contribution in [2.24, 2.45) is 0 Å². The third kappa shape index (κ3) is 6.33. The van der Waals surface area contributed by atoms with Crippen molar-refractivity contribution < 1.29 is 17.9 Å². The smallest absolute Gasteiger partial charge is 0.245 e. The number of nitrogens with one attached hydrogen (secondary N) is 1. The normalized spacial score (nSPS) is 11.1. The number of carbonyl (C=O) groups is 1. The molecule has 31 heavy (non-hydrogen) atoms. The van der Waals surface area contributed by atoms with Gasteiger partial charge >= 0.3 is 0 Å². The van der Waals surface area contributed by atoms with Crippen molar-refractivity contribution >= 4 is 27.3 Å². The van der Waals surface area contributed by atoms with E-state index in [1.54, 1.807) is 24.3 Å². The molecule has 0 fully saturated rings. The summed E-state index contributed by atoms with van der Waals surface area (Å²) in [5.41, 5.74) is 4.09. The van der Waals surface area contributed by atoms with Crippen molar-refractivity contribution in [1.82, 2.24) is 0 Å². The van der Waals surface area contributed by atoms with E-state index in [1.807, 2.05) is 62.4 Å². The fourth-order valence-corrected chi connectivity index (χ4v) is 3.98. The first-order chi connectivity index (χ1) is 14.7. The Kier molecular flexibility index (Phi) is 6.97. The molecule has 7 heteroatoms. The average Bonchev–Trinajstić information content (AvgIpc) is 2.73. The van der Waals surface area contributed by atoms with Crippen LogP contribution in [0.2, 0.25) is 0 Å². The SMILES string of the molecule is Cc1ccc(NC(=O)CN(c2ccc(OCc3ccccc3)cc2)S(C)(=O)=O)c(C)c1. The molecule has 3 rings (SSSR count). The highest BCUT2D eigenvalue weighted by Crippen LogP contribution is 2.23. The maximum Gasteiger partial charge on any atom is 0.245 e. The van der Waals surface area contributed by atoms with Crippen LogP contribution in [0, 0.1) is 13.8 Å². The highest BCUT2D eigenvalue weighted by Gasteiger charge is 2.21. The first-order valence-electron chi connectivity index (χ1n) is 9.84. The van der Waals surface area contributed by atoms with E-state index in [0.29, 0.717) is 23.7 Å². The quantitative estimate of drug-likeness (QED) is 0.569. The molecule has 0 bridgehead atoms. The van der Waals surface area contributed by atoms with Gasteiger partial charge in [-0.15, -0.1) is 0 Å². The molecule has 3 aromatic rings. The zero-order valence-corrected chi connectivity index (χ0v) is 18.6. The topological polar surface area (TPSA) is 75.7 Å². The Morgan fingerprint density at radius 2 is 1.65 bits per heavy atom. The molecule has 0 saturated heterocycles. The molecule has 1 amide bonds. The van der Waals surface area contributed by atoms with Gasteiger partial charge in [0.1, 0.15) is 18.9 Å². The maximum atomic E-state index is 12.6. The highest BCUT2D eigenvalue weighted by atomic mass is 32.2. The number of benzene rings is 3. The van der Waals surface area contributed by atoms with Crippen molar-refractivity contribution in [1.29, 1.82) is 0 Å². The van der Waals surface area contributed by atoms with Crippen molar-refractivity contribution in [3.63, 3.8) is 0 Å². The summed E-state index contributed by atoms with van der Waals surface area (Å²) in [6.45, 7) is 3.95. The van der Waals surface area contributed by atoms with Crippen LogP contribution in [-0.2, 0) is 21.4 Å². The Hall–Kier alpha value is -3.32. The third-order valence-electron chi connectivity index (χ3n) is 4.72. The minimum absolute atomic E-state index is 0.323. The molecule has 0 radical (unpaired) electrons. The number of rotatable bonds is 8.